The van der Waals surface area contributed by atoms with Crippen molar-refractivity contribution >= 4 is 33.8 Å². The molecule has 0 atom stereocenters. The Kier molecular flexibility index (Phi) is 5.82. The van der Waals surface area contributed by atoms with Crippen LogP contribution >= 0.6 is 0 Å². The third-order valence-corrected chi connectivity index (χ3v) is 5.89. The van der Waals surface area contributed by atoms with Crippen LogP contribution < -0.4 is 20.4 Å². The van der Waals surface area contributed by atoms with Crippen LogP contribution in [-0.4, -0.2) is 62.5 Å². The summed E-state index contributed by atoms with van der Waals surface area (Å²) in [7, 11) is 0. The summed E-state index contributed by atoms with van der Waals surface area (Å²) in [5.41, 5.74) is 4.09. The summed E-state index contributed by atoms with van der Waals surface area (Å²) in [5, 5.41) is 7.74. The SMILES string of the molecule is FCc1c(N2CCNCC2)nc2ccccc2c1Nc1cncc(N2CCOCC2)c1. The van der Waals surface area contributed by atoms with Crippen molar-refractivity contribution in [3.63, 3.8) is 0 Å². The van der Waals surface area contributed by atoms with Crippen molar-refractivity contribution in [1.82, 2.24) is 15.3 Å². The Hall–Kier alpha value is -2.97. The molecule has 31 heavy (non-hydrogen) atoms. The molecule has 2 aromatic heterocycles. The molecule has 2 aliphatic heterocycles. The van der Waals surface area contributed by atoms with E-state index in [2.05, 4.69) is 31.5 Å². The number of hydrogen-bond donors (Lipinski definition) is 2. The van der Waals surface area contributed by atoms with Crippen LogP contribution in [0.1, 0.15) is 5.56 Å². The second-order valence-corrected chi connectivity index (χ2v) is 7.83. The van der Waals surface area contributed by atoms with Gasteiger partial charge in [-0.1, -0.05) is 18.2 Å². The molecule has 0 aliphatic carbocycles. The first kappa shape index (κ1) is 20.0. The summed E-state index contributed by atoms with van der Waals surface area (Å²) < 4.78 is 19.9. The first-order valence-electron chi connectivity index (χ1n) is 10.8. The molecule has 4 heterocycles. The fourth-order valence-electron chi connectivity index (χ4n) is 4.28. The van der Waals surface area contributed by atoms with Gasteiger partial charge in [-0.15, -0.1) is 0 Å². The minimum absolute atomic E-state index is 0.587. The van der Waals surface area contributed by atoms with Gasteiger partial charge in [0.1, 0.15) is 12.5 Å². The van der Waals surface area contributed by atoms with Gasteiger partial charge in [-0.05, 0) is 12.1 Å². The van der Waals surface area contributed by atoms with Gasteiger partial charge < -0.3 is 25.2 Å². The number of ether oxygens (including phenoxy) is 1. The summed E-state index contributed by atoms with van der Waals surface area (Å²) in [4.78, 5) is 13.7. The van der Waals surface area contributed by atoms with Crippen LogP contribution in [0.5, 0.6) is 0 Å². The largest absolute Gasteiger partial charge is 0.378 e. The number of aromatic nitrogens is 2. The highest BCUT2D eigenvalue weighted by Crippen LogP contribution is 2.36. The summed E-state index contributed by atoms with van der Waals surface area (Å²) in [6.07, 6.45) is 3.65. The number of halogens is 1. The molecular weight excluding hydrogens is 395 g/mol. The quantitative estimate of drug-likeness (QED) is 0.655. The number of fused-ring (bicyclic) bond motifs is 1. The monoisotopic (exact) mass is 422 g/mol. The third-order valence-electron chi connectivity index (χ3n) is 5.89. The summed E-state index contributed by atoms with van der Waals surface area (Å²) >= 11 is 0. The van der Waals surface area contributed by atoms with E-state index < -0.39 is 6.67 Å². The molecule has 8 heteroatoms. The molecule has 2 saturated heterocycles. The number of nitrogens with zero attached hydrogens (tertiary/aromatic N) is 4. The highest BCUT2D eigenvalue weighted by atomic mass is 19.1. The van der Waals surface area contributed by atoms with Crippen molar-refractivity contribution in [2.75, 3.05) is 67.6 Å². The molecule has 0 spiro atoms. The minimum atomic E-state index is -0.587. The van der Waals surface area contributed by atoms with Gasteiger partial charge in [-0.25, -0.2) is 9.37 Å². The maximum absolute atomic E-state index is 14.4. The van der Waals surface area contributed by atoms with E-state index in [1.54, 1.807) is 6.20 Å². The predicted octanol–water partition coefficient (Wildman–Crippen LogP) is 3.09. The van der Waals surface area contributed by atoms with E-state index in [0.717, 1.165) is 73.1 Å². The van der Waals surface area contributed by atoms with Gasteiger partial charge in [0.05, 0.1) is 48.2 Å². The van der Waals surface area contributed by atoms with Crippen LogP contribution in [0.25, 0.3) is 10.9 Å². The number of morpholine rings is 1. The minimum Gasteiger partial charge on any atom is -0.378 e. The van der Waals surface area contributed by atoms with Crippen molar-refractivity contribution in [1.29, 1.82) is 0 Å². The van der Waals surface area contributed by atoms with Gasteiger partial charge in [0.15, 0.2) is 0 Å². The Balaban J connectivity index is 1.55. The van der Waals surface area contributed by atoms with Crippen LogP contribution in [0.2, 0.25) is 0 Å². The molecule has 1 aromatic carbocycles. The van der Waals surface area contributed by atoms with Crippen molar-refractivity contribution in [3.8, 4) is 0 Å². The summed E-state index contributed by atoms with van der Waals surface area (Å²) in [5.74, 6) is 0.725. The Bertz CT molecular complexity index is 1050. The van der Waals surface area contributed by atoms with Crippen molar-refractivity contribution in [3.05, 3.63) is 48.3 Å². The zero-order valence-corrected chi connectivity index (χ0v) is 17.5. The number of pyridine rings is 2. The number of rotatable bonds is 5. The normalized spacial score (nSPS) is 17.2. The molecule has 0 saturated carbocycles. The number of alkyl halides is 1. The van der Waals surface area contributed by atoms with Crippen LogP contribution in [0.3, 0.4) is 0 Å². The number of benzene rings is 1. The zero-order valence-electron chi connectivity index (χ0n) is 17.5. The fourth-order valence-corrected chi connectivity index (χ4v) is 4.28. The topological polar surface area (TPSA) is 65.5 Å². The Morgan fingerprint density at radius 3 is 2.65 bits per heavy atom. The second kappa shape index (κ2) is 9.03. The molecule has 0 unspecified atom stereocenters. The lowest BCUT2D eigenvalue weighted by Crippen LogP contribution is -2.44. The predicted molar refractivity (Wildman–Crippen MR) is 122 cm³/mol. The van der Waals surface area contributed by atoms with E-state index in [9.17, 15) is 4.39 Å². The smallest absolute Gasteiger partial charge is 0.137 e. The fraction of sp³-hybridized carbons (Fsp3) is 0.391. The maximum atomic E-state index is 14.4. The molecule has 162 valence electrons. The number of piperazine rings is 1. The van der Waals surface area contributed by atoms with Crippen LogP contribution in [0.4, 0.5) is 27.3 Å². The summed E-state index contributed by atoms with van der Waals surface area (Å²) in [6, 6.07) is 9.97. The van der Waals surface area contributed by atoms with E-state index in [4.69, 9.17) is 9.72 Å². The Morgan fingerprint density at radius 1 is 1.03 bits per heavy atom. The lowest BCUT2D eigenvalue weighted by Gasteiger charge is -2.31. The highest BCUT2D eigenvalue weighted by Gasteiger charge is 2.21. The molecule has 2 aliphatic rings. The first-order chi connectivity index (χ1) is 15.3. The average molecular weight is 423 g/mol. The molecule has 0 bridgehead atoms. The van der Waals surface area contributed by atoms with Crippen molar-refractivity contribution in [2.45, 2.75) is 6.67 Å². The van der Waals surface area contributed by atoms with E-state index in [1.165, 1.54) is 0 Å². The third kappa shape index (κ3) is 4.13. The highest BCUT2D eigenvalue weighted by molar-refractivity contribution is 5.97. The zero-order chi connectivity index (χ0) is 21.0. The van der Waals surface area contributed by atoms with Gasteiger partial charge in [-0.3, -0.25) is 4.98 Å². The van der Waals surface area contributed by atoms with E-state index in [1.807, 2.05) is 30.5 Å². The molecule has 0 amide bonds. The lowest BCUT2D eigenvalue weighted by atomic mass is 10.1. The Labute approximate surface area is 181 Å². The molecular formula is C23H27FN6O. The summed E-state index contributed by atoms with van der Waals surface area (Å²) in [6.45, 7) is 5.88. The van der Waals surface area contributed by atoms with E-state index in [-0.39, 0.29) is 0 Å². The van der Waals surface area contributed by atoms with Crippen molar-refractivity contribution < 1.29 is 9.13 Å². The molecule has 0 radical (unpaired) electrons. The molecule has 2 N–H and O–H groups in total. The standard InChI is InChI=1S/C23H27FN6O/c24-14-20-22(27-17-13-18(16-26-15-17)29-9-11-31-12-10-29)19-3-1-2-4-21(19)28-23(20)30-7-5-25-6-8-30/h1-4,13,15-16,25H,5-12,14H2,(H,27,28). The lowest BCUT2D eigenvalue weighted by molar-refractivity contribution is 0.122. The van der Waals surface area contributed by atoms with Crippen LogP contribution in [-0.2, 0) is 11.4 Å². The van der Waals surface area contributed by atoms with Crippen LogP contribution in [0, 0.1) is 0 Å². The van der Waals surface area contributed by atoms with Crippen molar-refractivity contribution in [2.24, 2.45) is 0 Å². The van der Waals surface area contributed by atoms with Crippen LogP contribution in [0.15, 0.2) is 42.7 Å². The van der Waals surface area contributed by atoms with Gasteiger partial charge in [0, 0.05) is 50.2 Å². The second-order valence-electron chi connectivity index (χ2n) is 7.83. The molecule has 7 nitrogen and oxygen atoms in total. The van der Waals surface area contributed by atoms with Gasteiger partial charge in [0.2, 0.25) is 0 Å². The van der Waals surface area contributed by atoms with Gasteiger partial charge in [-0.2, -0.15) is 0 Å². The maximum Gasteiger partial charge on any atom is 0.137 e. The van der Waals surface area contributed by atoms with Gasteiger partial charge >= 0.3 is 0 Å². The number of para-hydroxylation sites is 1. The number of anilines is 4. The number of nitrogens with one attached hydrogen (secondary N) is 2. The molecule has 3 aromatic rings. The van der Waals surface area contributed by atoms with E-state index in [0.29, 0.717) is 18.8 Å². The average Bonchev–Trinajstić information content (AvgIpc) is 2.85. The first-order valence-corrected chi connectivity index (χ1v) is 10.8. The number of hydrogen-bond acceptors (Lipinski definition) is 7. The molecule has 5 rings (SSSR count). The van der Waals surface area contributed by atoms with E-state index >= 15 is 0 Å². The Morgan fingerprint density at radius 2 is 1.84 bits per heavy atom. The van der Waals surface area contributed by atoms with Gasteiger partial charge in [0.25, 0.3) is 0 Å². The molecule has 2 fully saturated rings.